The fourth-order valence-electron chi connectivity index (χ4n) is 3.71. The molecule has 4 aromatic rings. The van der Waals surface area contributed by atoms with Gasteiger partial charge in [-0.15, -0.1) is 0 Å². The van der Waals surface area contributed by atoms with E-state index in [-0.39, 0.29) is 50.3 Å². The number of nitriles is 1. The Morgan fingerprint density at radius 1 is 1.00 bits per heavy atom. The second-order valence-corrected chi connectivity index (χ2v) is 7.78. The number of fused-ring (bicyclic) bond motifs is 1. The lowest BCUT2D eigenvalue weighted by Gasteiger charge is -2.16. The summed E-state index contributed by atoms with van der Waals surface area (Å²) in [4.78, 5) is 36.4. The van der Waals surface area contributed by atoms with Crippen molar-refractivity contribution < 1.29 is 37.2 Å². The van der Waals surface area contributed by atoms with E-state index >= 15 is 0 Å². The Kier molecular flexibility index (Phi) is 6.37. The van der Waals surface area contributed by atoms with Gasteiger partial charge in [-0.2, -0.15) is 18.4 Å². The number of aromatic nitrogens is 1. The lowest BCUT2D eigenvalue weighted by Crippen LogP contribution is -2.16. The maximum absolute atomic E-state index is 13.7. The number of carboxylic acid groups (broad SMARTS) is 1. The highest BCUT2D eigenvalue weighted by atomic mass is 19.4. The predicted molar refractivity (Wildman–Crippen MR) is 125 cm³/mol. The van der Waals surface area contributed by atoms with Crippen LogP contribution < -0.4 is 10.6 Å². The van der Waals surface area contributed by atoms with Crippen LogP contribution in [0.2, 0.25) is 0 Å². The minimum Gasteiger partial charge on any atom is -0.478 e. The summed E-state index contributed by atoms with van der Waals surface area (Å²) in [5.74, 6) is -2.85. The molecular weight excluding hydrogens is 493 g/mol. The number of amides is 2. The number of alkyl halides is 3. The summed E-state index contributed by atoms with van der Waals surface area (Å²) in [6.45, 7) is 1.17. The van der Waals surface area contributed by atoms with Crippen LogP contribution in [-0.2, 0) is 11.0 Å². The Morgan fingerprint density at radius 3 is 2.38 bits per heavy atom. The zero-order valence-corrected chi connectivity index (χ0v) is 18.8. The fraction of sp³-hybridized carbons (Fsp3) is 0.0800. The maximum Gasteiger partial charge on any atom is 0.417 e. The number of aromatic carboxylic acids is 1. The third-order valence-corrected chi connectivity index (χ3v) is 5.29. The molecule has 0 bridgehead atoms. The molecule has 2 amide bonds. The molecule has 0 aliphatic carbocycles. The molecule has 186 valence electrons. The molecule has 3 aromatic carbocycles. The van der Waals surface area contributed by atoms with Gasteiger partial charge in [0, 0.05) is 18.2 Å². The van der Waals surface area contributed by atoms with Crippen LogP contribution in [-0.4, -0.2) is 28.0 Å². The maximum atomic E-state index is 13.7. The number of halogens is 3. The Balaban J connectivity index is 1.82. The number of nitrogens with one attached hydrogen (secondary N) is 2. The minimum atomic E-state index is -4.69. The Bertz CT molecular complexity index is 1620. The molecule has 0 aliphatic heterocycles. The fourth-order valence-corrected chi connectivity index (χ4v) is 3.71. The highest BCUT2D eigenvalue weighted by Crippen LogP contribution is 2.41. The Labute approximate surface area is 206 Å². The van der Waals surface area contributed by atoms with Gasteiger partial charge in [-0.25, -0.2) is 4.79 Å². The summed E-state index contributed by atoms with van der Waals surface area (Å²) >= 11 is 0. The second kappa shape index (κ2) is 9.46. The summed E-state index contributed by atoms with van der Waals surface area (Å²) in [5.41, 5.74) is -1.98. The van der Waals surface area contributed by atoms with Gasteiger partial charge in [0.25, 0.3) is 5.91 Å². The van der Waals surface area contributed by atoms with Crippen LogP contribution in [0.3, 0.4) is 0 Å². The smallest absolute Gasteiger partial charge is 0.417 e. The van der Waals surface area contributed by atoms with E-state index in [1.165, 1.54) is 49.4 Å². The molecule has 0 aliphatic rings. The van der Waals surface area contributed by atoms with Gasteiger partial charge in [0.05, 0.1) is 33.8 Å². The van der Waals surface area contributed by atoms with Crippen LogP contribution in [0.25, 0.3) is 22.1 Å². The number of rotatable bonds is 5. The standard InChI is InChI=1S/C25H15F3N4O5/c1-12(33)30-20-9-17-21(10-15(20)14-4-2-3-5-18(14)25(26,27)28)37-32-22(17)23(34)31-19-7-6-13(11-29)8-16(19)24(35)36/h2-10H,1H3,(H,30,33)(H,31,34)(H,35,36). The number of benzene rings is 3. The van der Waals surface area contributed by atoms with E-state index < -0.39 is 29.5 Å². The number of carbonyl (C=O) groups excluding carboxylic acids is 2. The zero-order valence-electron chi connectivity index (χ0n) is 18.8. The minimum absolute atomic E-state index is 0.0148. The van der Waals surface area contributed by atoms with Gasteiger partial charge in [0.1, 0.15) is 0 Å². The van der Waals surface area contributed by atoms with Crippen LogP contribution in [0.15, 0.2) is 59.1 Å². The van der Waals surface area contributed by atoms with Crippen molar-refractivity contribution in [3.63, 3.8) is 0 Å². The zero-order chi connectivity index (χ0) is 26.9. The van der Waals surface area contributed by atoms with Crippen LogP contribution in [0.4, 0.5) is 24.5 Å². The molecule has 1 heterocycles. The molecule has 0 spiro atoms. The SMILES string of the molecule is CC(=O)Nc1cc2c(C(=O)Nc3ccc(C#N)cc3C(=O)O)noc2cc1-c1ccccc1C(F)(F)F. The molecule has 0 saturated carbocycles. The Morgan fingerprint density at radius 2 is 1.73 bits per heavy atom. The van der Waals surface area contributed by atoms with Gasteiger partial charge >= 0.3 is 12.1 Å². The van der Waals surface area contributed by atoms with Crippen molar-refractivity contribution in [2.75, 3.05) is 10.6 Å². The van der Waals surface area contributed by atoms with E-state index in [0.717, 1.165) is 12.1 Å². The first-order chi connectivity index (χ1) is 17.5. The third-order valence-electron chi connectivity index (χ3n) is 5.29. The van der Waals surface area contributed by atoms with Gasteiger partial charge in [0.2, 0.25) is 5.91 Å². The molecule has 0 unspecified atom stereocenters. The monoisotopic (exact) mass is 508 g/mol. The van der Waals surface area contributed by atoms with Gasteiger partial charge in [-0.1, -0.05) is 23.4 Å². The summed E-state index contributed by atoms with van der Waals surface area (Å²) < 4.78 is 46.2. The van der Waals surface area contributed by atoms with Crippen molar-refractivity contribution in [2.24, 2.45) is 0 Å². The van der Waals surface area contributed by atoms with E-state index in [4.69, 9.17) is 9.78 Å². The highest BCUT2D eigenvalue weighted by Gasteiger charge is 2.34. The van der Waals surface area contributed by atoms with E-state index in [1.807, 2.05) is 0 Å². The molecule has 0 atom stereocenters. The first-order valence-electron chi connectivity index (χ1n) is 10.5. The first kappa shape index (κ1) is 24.9. The number of carboxylic acids is 1. The Hall–Kier alpha value is -5.18. The highest BCUT2D eigenvalue weighted by molar-refractivity contribution is 6.14. The van der Waals surface area contributed by atoms with Crippen molar-refractivity contribution in [3.05, 3.63) is 77.0 Å². The number of nitrogens with zero attached hydrogens (tertiary/aromatic N) is 2. The normalized spacial score (nSPS) is 11.1. The molecule has 1 aromatic heterocycles. The van der Waals surface area contributed by atoms with Gasteiger partial charge in [-0.3, -0.25) is 9.59 Å². The summed E-state index contributed by atoms with van der Waals surface area (Å²) in [6, 6.07) is 12.7. The van der Waals surface area contributed by atoms with Crippen molar-refractivity contribution in [1.82, 2.24) is 5.16 Å². The molecule has 12 heteroatoms. The van der Waals surface area contributed by atoms with Crippen LogP contribution in [0.5, 0.6) is 0 Å². The molecule has 0 radical (unpaired) electrons. The number of anilines is 2. The van der Waals surface area contributed by atoms with E-state index in [2.05, 4.69) is 15.8 Å². The van der Waals surface area contributed by atoms with Crippen molar-refractivity contribution >= 4 is 40.1 Å². The first-order valence-corrected chi connectivity index (χ1v) is 10.5. The van der Waals surface area contributed by atoms with Gasteiger partial charge in [-0.05, 0) is 42.0 Å². The summed E-state index contributed by atoms with van der Waals surface area (Å²) in [7, 11) is 0. The second-order valence-electron chi connectivity index (χ2n) is 7.78. The van der Waals surface area contributed by atoms with Crippen molar-refractivity contribution in [3.8, 4) is 17.2 Å². The number of hydrogen-bond acceptors (Lipinski definition) is 6. The average molecular weight is 508 g/mol. The third kappa shape index (κ3) is 4.96. The van der Waals surface area contributed by atoms with E-state index in [0.29, 0.717) is 0 Å². The predicted octanol–water partition coefficient (Wildman–Crippen LogP) is 5.29. The molecule has 9 nitrogen and oxygen atoms in total. The number of carbonyl (C=O) groups is 3. The van der Waals surface area contributed by atoms with Crippen molar-refractivity contribution in [1.29, 1.82) is 5.26 Å². The molecule has 37 heavy (non-hydrogen) atoms. The quantitative estimate of drug-likeness (QED) is 0.332. The largest absolute Gasteiger partial charge is 0.478 e. The molecular formula is C25H15F3N4O5. The van der Waals surface area contributed by atoms with Gasteiger partial charge in [0.15, 0.2) is 11.3 Å². The van der Waals surface area contributed by atoms with E-state index in [9.17, 15) is 32.7 Å². The van der Waals surface area contributed by atoms with Gasteiger partial charge < -0.3 is 20.3 Å². The van der Waals surface area contributed by atoms with Crippen molar-refractivity contribution in [2.45, 2.75) is 13.1 Å². The topological polar surface area (TPSA) is 145 Å². The van der Waals surface area contributed by atoms with E-state index in [1.54, 1.807) is 6.07 Å². The molecule has 3 N–H and O–H groups in total. The van der Waals surface area contributed by atoms with Crippen LogP contribution in [0, 0.1) is 11.3 Å². The molecule has 0 saturated heterocycles. The lowest BCUT2D eigenvalue weighted by atomic mass is 9.96. The van der Waals surface area contributed by atoms with Crippen LogP contribution >= 0.6 is 0 Å². The van der Waals surface area contributed by atoms with Crippen LogP contribution in [0.1, 0.15) is 38.9 Å². The summed E-state index contributed by atoms with van der Waals surface area (Å²) in [6.07, 6.45) is -4.69. The molecule has 4 rings (SSSR count). The average Bonchev–Trinajstić information content (AvgIpc) is 3.25. The number of hydrogen-bond donors (Lipinski definition) is 3. The summed E-state index contributed by atoms with van der Waals surface area (Å²) in [5, 5.41) is 27.0. The lowest BCUT2D eigenvalue weighted by molar-refractivity contribution is -0.137. The molecule has 0 fully saturated rings.